The summed E-state index contributed by atoms with van der Waals surface area (Å²) < 4.78 is 0.850. The summed E-state index contributed by atoms with van der Waals surface area (Å²) >= 11 is 1.47. The molecule has 0 spiro atoms. The predicted molar refractivity (Wildman–Crippen MR) is 80.4 cm³/mol. The molecule has 20 heavy (non-hydrogen) atoms. The van der Waals surface area contributed by atoms with E-state index in [1.807, 2.05) is 0 Å². The molecule has 0 aliphatic carbocycles. The van der Waals surface area contributed by atoms with Gasteiger partial charge in [0.1, 0.15) is 0 Å². The number of likely N-dealkylation sites (tertiary alicyclic amines) is 1. The number of non-ortho nitro benzene ring substituents is 1. The highest BCUT2D eigenvalue weighted by molar-refractivity contribution is 7.22. The molecule has 1 aromatic carbocycles. The summed E-state index contributed by atoms with van der Waals surface area (Å²) in [4.78, 5) is 17.2. The Bertz CT molecular complexity index is 622. The fourth-order valence-electron chi connectivity index (χ4n) is 2.43. The molecule has 2 aromatic rings. The molecule has 6 nitrogen and oxygen atoms in total. The van der Waals surface area contributed by atoms with Crippen LogP contribution in [0.5, 0.6) is 0 Å². The SMILES string of the molecule is O=[N+]([O-])c1ccc2nc(NCCN3CCCC3)sc2c1. The number of fused-ring (bicyclic) bond motifs is 1. The maximum atomic E-state index is 10.7. The van der Waals surface area contributed by atoms with E-state index in [2.05, 4.69) is 15.2 Å². The number of aromatic nitrogens is 1. The van der Waals surface area contributed by atoms with Gasteiger partial charge >= 0.3 is 0 Å². The summed E-state index contributed by atoms with van der Waals surface area (Å²) in [5, 5.41) is 14.9. The average molecular weight is 292 g/mol. The van der Waals surface area contributed by atoms with Crippen molar-refractivity contribution in [1.82, 2.24) is 9.88 Å². The number of thiazole rings is 1. The zero-order valence-corrected chi connectivity index (χ0v) is 11.9. The first-order valence-electron chi connectivity index (χ1n) is 6.73. The largest absolute Gasteiger partial charge is 0.360 e. The number of hydrogen-bond acceptors (Lipinski definition) is 6. The van der Waals surface area contributed by atoms with E-state index in [0.717, 1.165) is 28.4 Å². The molecule has 1 N–H and O–H groups in total. The Balaban J connectivity index is 1.64. The van der Waals surface area contributed by atoms with Crippen LogP contribution in [0.15, 0.2) is 18.2 Å². The van der Waals surface area contributed by atoms with Gasteiger partial charge in [0.05, 0.1) is 15.1 Å². The van der Waals surface area contributed by atoms with Crippen LogP contribution in [0.3, 0.4) is 0 Å². The van der Waals surface area contributed by atoms with Crippen molar-refractivity contribution in [3.8, 4) is 0 Å². The summed E-state index contributed by atoms with van der Waals surface area (Å²) in [6.07, 6.45) is 2.59. The maximum absolute atomic E-state index is 10.7. The van der Waals surface area contributed by atoms with Gasteiger partial charge in [-0.25, -0.2) is 4.98 Å². The molecule has 0 saturated carbocycles. The van der Waals surface area contributed by atoms with Gasteiger partial charge in [-0.15, -0.1) is 0 Å². The summed E-state index contributed by atoms with van der Waals surface area (Å²) in [6, 6.07) is 4.78. The summed E-state index contributed by atoms with van der Waals surface area (Å²) in [5.74, 6) is 0. The van der Waals surface area contributed by atoms with Crippen LogP contribution in [0.2, 0.25) is 0 Å². The minimum atomic E-state index is -0.375. The van der Waals surface area contributed by atoms with E-state index in [0.29, 0.717) is 0 Å². The number of nitrogens with zero attached hydrogens (tertiary/aromatic N) is 3. The van der Waals surface area contributed by atoms with Gasteiger partial charge in [-0.1, -0.05) is 11.3 Å². The van der Waals surface area contributed by atoms with E-state index < -0.39 is 0 Å². The normalized spacial score (nSPS) is 15.8. The van der Waals surface area contributed by atoms with E-state index >= 15 is 0 Å². The molecule has 2 heterocycles. The van der Waals surface area contributed by atoms with E-state index in [1.165, 1.54) is 43.3 Å². The van der Waals surface area contributed by atoms with Crippen LogP contribution in [-0.2, 0) is 0 Å². The summed E-state index contributed by atoms with van der Waals surface area (Å²) in [5.41, 5.74) is 0.925. The van der Waals surface area contributed by atoms with Crippen LogP contribution >= 0.6 is 11.3 Å². The van der Waals surface area contributed by atoms with Crippen molar-refractivity contribution >= 4 is 32.4 Å². The molecule has 1 aliphatic heterocycles. The van der Waals surface area contributed by atoms with Crippen LogP contribution in [0.1, 0.15) is 12.8 Å². The number of benzene rings is 1. The Morgan fingerprint density at radius 1 is 1.40 bits per heavy atom. The lowest BCUT2D eigenvalue weighted by atomic mass is 10.3. The highest BCUT2D eigenvalue weighted by atomic mass is 32.1. The Morgan fingerprint density at radius 2 is 2.20 bits per heavy atom. The molecule has 0 atom stereocenters. The topological polar surface area (TPSA) is 71.3 Å². The molecule has 106 valence electrons. The van der Waals surface area contributed by atoms with Crippen molar-refractivity contribution in [3.05, 3.63) is 28.3 Å². The van der Waals surface area contributed by atoms with Crippen molar-refractivity contribution < 1.29 is 4.92 Å². The van der Waals surface area contributed by atoms with Gasteiger partial charge in [-0.3, -0.25) is 10.1 Å². The highest BCUT2D eigenvalue weighted by Gasteiger charge is 2.12. The first kappa shape index (κ1) is 13.3. The van der Waals surface area contributed by atoms with Crippen LogP contribution < -0.4 is 5.32 Å². The van der Waals surface area contributed by atoms with E-state index in [-0.39, 0.29) is 10.6 Å². The third-order valence-corrected chi connectivity index (χ3v) is 4.46. The number of nitrogens with one attached hydrogen (secondary N) is 1. The minimum absolute atomic E-state index is 0.116. The van der Waals surface area contributed by atoms with E-state index in [1.54, 1.807) is 12.1 Å². The van der Waals surface area contributed by atoms with Gasteiger partial charge in [-0.2, -0.15) is 0 Å². The lowest BCUT2D eigenvalue weighted by molar-refractivity contribution is -0.384. The van der Waals surface area contributed by atoms with Gasteiger partial charge in [0.25, 0.3) is 5.69 Å². The molecule has 0 bridgehead atoms. The lowest BCUT2D eigenvalue weighted by Crippen LogP contribution is -2.25. The summed E-state index contributed by atoms with van der Waals surface area (Å²) in [6.45, 7) is 4.26. The monoisotopic (exact) mass is 292 g/mol. The van der Waals surface area contributed by atoms with Crippen molar-refractivity contribution in [2.45, 2.75) is 12.8 Å². The summed E-state index contributed by atoms with van der Waals surface area (Å²) in [7, 11) is 0. The molecule has 0 unspecified atom stereocenters. The quantitative estimate of drug-likeness (QED) is 0.677. The third kappa shape index (κ3) is 2.88. The van der Waals surface area contributed by atoms with Crippen molar-refractivity contribution in [1.29, 1.82) is 0 Å². The molecule has 1 aromatic heterocycles. The first-order chi connectivity index (χ1) is 9.72. The van der Waals surface area contributed by atoms with Gasteiger partial charge in [0.2, 0.25) is 0 Å². The molecule has 1 saturated heterocycles. The van der Waals surface area contributed by atoms with Crippen LogP contribution in [0.25, 0.3) is 10.2 Å². The fraction of sp³-hybridized carbons (Fsp3) is 0.462. The van der Waals surface area contributed by atoms with Gasteiger partial charge in [0.15, 0.2) is 5.13 Å². The molecular weight excluding hydrogens is 276 g/mol. The van der Waals surface area contributed by atoms with E-state index in [4.69, 9.17) is 0 Å². The zero-order valence-electron chi connectivity index (χ0n) is 11.0. The zero-order chi connectivity index (χ0) is 13.9. The minimum Gasteiger partial charge on any atom is -0.360 e. The van der Waals surface area contributed by atoms with Crippen LogP contribution in [0, 0.1) is 10.1 Å². The third-order valence-electron chi connectivity index (χ3n) is 3.49. The molecule has 0 radical (unpaired) electrons. The molecule has 7 heteroatoms. The molecule has 1 fully saturated rings. The second-order valence-corrected chi connectivity index (χ2v) is 5.93. The van der Waals surface area contributed by atoms with E-state index in [9.17, 15) is 10.1 Å². The Kier molecular flexibility index (Phi) is 3.79. The standard InChI is InChI=1S/C13H16N4O2S/c18-17(19)10-3-4-11-12(9-10)20-13(15-11)14-5-8-16-6-1-2-7-16/h3-4,9H,1-2,5-8H2,(H,14,15). The highest BCUT2D eigenvalue weighted by Crippen LogP contribution is 2.28. The Hall–Kier alpha value is -1.73. The smallest absolute Gasteiger partial charge is 0.270 e. The number of hydrogen-bond donors (Lipinski definition) is 1. The number of rotatable bonds is 5. The second kappa shape index (κ2) is 5.72. The fourth-order valence-corrected chi connectivity index (χ4v) is 3.35. The van der Waals surface area contributed by atoms with Gasteiger partial charge in [0, 0.05) is 25.2 Å². The van der Waals surface area contributed by atoms with Gasteiger partial charge < -0.3 is 10.2 Å². The van der Waals surface area contributed by atoms with Crippen LogP contribution in [-0.4, -0.2) is 41.0 Å². The molecule has 3 rings (SSSR count). The Morgan fingerprint density at radius 3 is 2.95 bits per heavy atom. The second-order valence-electron chi connectivity index (χ2n) is 4.90. The maximum Gasteiger partial charge on any atom is 0.270 e. The lowest BCUT2D eigenvalue weighted by Gasteiger charge is -2.13. The van der Waals surface area contributed by atoms with Crippen molar-refractivity contribution in [3.63, 3.8) is 0 Å². The van der Waals surface area contributed by atoms with Crippen molar-refractivity contribution in [2.75, 3.05) is 31.5 Å². The van der Waals surface area contributed by atoms with Gasteiger partial charge in [-0.05, 0) is 32.0 Å². The average Bonchev–Trinajstić information content (AvgIpc) is 3.06. The molecule has 1 aliphatic rings. The first-order valence-corrected chi connectivity index (χ1v) is 7.55. The van der Waals surface area contributed by atoms with Crippen molar-refractivity contribution in [2.24, 2.45) is 0 Å². The van der Waals surface area contributed by atoms with Crippen LogP contribution in [0.4, 0.5) is 10.8 Å². The Labute approximate surface area is 120 Å². The molecular formula is C13H16N4O2S. The molecule has 0 amide bonds. The predicted octanol–water partition coefficient (Wildman–Crippen LogP) is 2.71. The number of anilines is 1. The number of nitro benzene ring substituents is 1. The number of nitro groups is 1.